The predicted molar refractivity (Wildman–Crippen MR) is 331 cm³/mol. The topological polar surface area (TPSA) is 175 Å². The quantitative estimate of drug-likeness (QED) is 0.0228. The lowest BCUT2D eigenvalue weighted by molar-refractivity contribution is -0.301. The summed E-state index contributed by atoms with van der Waals surface area (Å²) in [5.74, 6) is -3.17. The van der Waals surface area contributed by atoms with Gasteiger partial charge in [0.05, 0.1) is 6.61 Å². The summed E-state index contributed by atoms with van der Waals surface area (Å²) in [6.07, 6.45) is 62.2. The summed E-state index contributed by atoms with van der Waals surface area (Å²) in [7, 11) is 0. The zero-order chi connectivity index (χ0) is 58.9. The minimum absolute atomic E-state index is 0.0171. The Hall–Kier alpha value is -4.36. The molecular weight excluding hydrogens is 1020 g/mol. The Morgan fingerprint density at radius 3 is 1.22 bits per heavy atom. The highest BCUT2D eigenvalue weighted by atomic mass is 16.7. The van der Waals surface area contributed by atoms with E-state index in [0.29, 0.717) is 19.3 Å². The van der Waals surface area contributed by atoms with Crippen molar-refractivity contribution in [1.29, 1.82) is 0 Å². The van der Waals surface area contributed by atoms with Crippen molar-refractivity contribution < 1.29 is 58.2 Å². The molecule has 462 valence electrons. The molecule has 6 atom stereocenters. The number of carbonyl (C=O) groups is 4. The maximum absolute atomic E-state index is 13.2. The molecule has 0 saturated carbocycles. The van der Waals surface area contributed by atoms with E-state index >= 15 is 0 Å². The molecule has 0 aliphatic carbocycles. The third-order valence-electron chi connectivity index (χ3n) is 14.1. The number of carboxylic acids is 1. The molecular formula is C69H114O12. The Bertz CT molecular complexity index is 1780. The predicted octanol–water partition coefficient (Wildman–Crippen LogP) is 17.2. The second-order valence-electron chi connectivity index (χ2n) is 21.7. The van der Waals surface area contributed by atoms with Crippen molar-refractivity contribution in [3.05, 3.63) is 97.2 Å². The first kappa shape index (κ1) is 74.7. The molecule has 0 radical (unpaired) electrons. The smallest absolute Gasteiger partial charge is 0.335 e. The number of esters is 3. The molecule has 1 saturated heterocycles. The van der Waals surface area contributed by atoms with Gasteiger partial charge in [-0.15, -0.1) is 0 Å². The highest BCUT2D eigenvalue weighted by Gasteiger charge is 2.50. The van der Waals surface area contributed by atoms with Gasteiger partial charge < -0.3 is 39.0 Å². The molecule has 1 aliphatic rings. The molecule has 0 aromatic rings. The number of carboxylic acid groups (broad SMARTS) is 1. The fourth-order valence-electron chi connectivity index (χ4n) is 9.22. The van der Waals surface area contributed by atoms with Crippen molar-refractivity contribution >= 4 is 23.9 Å². The Morgan fingerprint density at radius 1 is 0.420 bits per heavy atom. The van der Waals surface area contributed by atoms with Gasteiger partial charge in [0.25, 0.3) is 0 Å². The van der Waals surface area contributed by atoms with E-state index in [-0.39, 0.29) is 25.9 Å². The van der Waals surface area contributed by atoms with Crippen LogP contribution in [0.1, 0.15) is 265 Å². The molecule has 6 unspecified atom stereocenters. The van der Waals surface area contributed by atoms with E-state index in [4.69, 9.17) is 23.7 Å². The fraction of sp³-hybridized carbons (Fsp3) is 0.710. The molecule has 1 fully saturated rings. The molecule has 0 aromatic carbocycles. The lowest BCUT2D eigenvalue weighted by Crippen LogP contribution is -2.61. The van der Waals surface area contributed by atoms with Crippen LogP contribution in [0, 0.1) is 0 Å². The van der Waals surface area contributed by atoms with Gasteiger partial charge in [-0.05, 0) is 103 Å². The van der Waals surface area contributed by atoms with Gasteiger partial charge in [0.15, 0.2) is 24.6 Å². The molecule has 12 nitrogen and oxygen atoms in total. The van der Waals surface area contributed by atoms with Crippen LogP contribution in [-0.2, 0) is 42.9 Å². The maximum Gasteiger partial charge on any atom is 0.335 e. The van der Waals surface area contributed by atoms with Gasteiger partial charge >= 0.3 is 23.9 Å². The van der Waals surface area contributed by atoms with Crippen LogP contribution in [0.5, 0.6) is 0 Å². The van der Waals surface area contributed by atoms with Crippen LogP contribution in [0.3, 0.4) is 0 Å². The van der Waals surface area contributed by atoms with Gasteiger partial charge in [-0.3, -0.25) is 14.4 Å². The number of ether oxygens (including phenoxy) is 5. The SMILES string of the molecule is CC/C=C\C/C=C\C/C=C\C/C=C\C/C=C\CCCCCC(=O)OC1C(OCC(COC(=O)CCCCCCCC/C=C\C/C=C\C/C=C\CCCCC)OC(=O)CCCCCCCCCCCCCCC)OC(C(=O)O)C(O)C1O. The lowest BCUT2D eigenvalue weighted by Gasteiger charge is -2.40. The van der Waals surface area contributed by atoms with Gasteiger partial charge in [-0.1, -0.05) is 240 Å². The summed E-state index contributed by atoms with van der Waals surface area (Å²) in [5, 5.41) is 31.6. The van der Waals surface area contributed by atoms with Crippen molar-refractivity contribution in [2.75, 3.05) is 13.2 Å². The van der Waals surface area contributed by atoms with E-state index in [0.717, 1.165) is 122 Å². The standard InChI is InChI=1S/C69H114O12/c1-4-7-10-13-16-19-22-25-27-29-31-33-35-38-40-43-46-49-52-55-61(70)77-58-60(79-62(71)56-53-50-47-44-41-37-24-21-18-15-12-9-6-3)59-78-69-67(65(74)64(73)66(81-69)68(75)76)80-63(72)57-54-51-48-45-42-39-36-34-32-30-28-26-23-20-17-14-11-8-5-2/h8,11,16-17,19-20,25-28,31-34,39,42,60,64-67,69,73-74H,4-7,9-10,12-15,18,21-24,29-30,35-38,40-41,43-59H2,1-3H3,(H,75,76)/b11-8-,19-16-,20-17-,27-25-,28-26-,33-31-,34-32-,42-39-. The minimum atomic E-state index is -1.92. The zero-order valence-corrected chi connectivity index (χ0v) is 51.0. The van der Waals surface area contributed by atoms with Crippen LogP contribution in [0.25, 0.3) is 0 Å². The van der Waals surface area contributed by atoms with Crippen molar-refractivity contribution in [1.82, 2.24) is 0 Å². The van der Waals surface area contributed by atoms with Gasteiger partial charge in [-0.25, -0.2) is 4.79 Å². The fourth-order valence-corrected chi connectivity index (χ4v) is 9.22. The van der Waals surface area contributed by atoms with E-state index in [2.05, 4.69) is 118 Å². The Morgan fingerprint density at radius 2 is 0.778 bits per heavy atom. The molecule has 1 heterocycles. The number of rotatable bonds is 54. The monoisotopic (exact) mass is 1130 g/mol. The van der Waals surface area contributed by atoms with Crippen LogP contribution in [0.4, 0.5) is 0 Å². The highest BCUT2D eigenvalue weighted by molar-refractivity contribution is 5.74. The van der Waals surface area contributed by atoms with E-state index < -0.39 is 67.3 Å². The normalized spacial score (nSPS) is 18.4. The van der Waals surface area contributed by atoms with Crippen molar-refractivity contribution in [2.24, 2.45) is 0 Å². The Labute approximate surface area is 492 Å². The van der Waals surface area contributed by atoms with Gasteiger partial charge in [0.1, 0.15) is 18.8 Å². The van der Waals surface area contributed by atoms with Crippen LogP contribution in [0.15, 0.2) is 97.2 Å². The van der Waals surface area contributed by atoms with E-state index in [9.17, 15) is 34.5 Å². The highest BCUT2D eigenvalue weighted by Crippen LogP contribution is 2.26. The molecule has 12 heteroatoms. The number of hydrogen-bond acceptors (Lipinski definition) is 11. The average molecular weight is 1140 g/mol. The first-order chi connectivity index (χ1) is 39.6. The molecule has 81 heavy (non-hydrogen) atoms. The van der Waals surface area contributed by atoms with E-state index in [1.807, 2.05) is 0 Å². The Kier molecular flexibility index (Phi) is 51.7. The maximum atomic E-state index is 13.2. The van der Waals surface area contributed by atoms with Gasteiger partial charge in [0, 0.05) is 19.3 Å². The molecule has 1 rings (SSSR count). The molecule has 0 bridgehead atoms. The summed E-state index contributed by atoms with van der Waals surface area (Å²) in [5.41, 5.74) is 0. The second-order valence-corrected chi connectivity index (χ2v) is 21.7. The first-order valence-corrected chi connectivity index (χ1v) is 32.2. The number of aliphatic carboxylic acids is 1. The molecule has 0 spiro atoms. The molecule has 3 N–H and O–H groups in total. The van der Waals surface area contributed by atoms with Crippen molar-refractivity contribution in [3.8, 4) is 0 Å². The zero-order valence-electron chi connectivity index (χ0n) is 51.0. The van der Waals surface area contributed by atoms with Crippen molar-refractivity contribution in [3.63, 3.8) is 0 Å². The van der Waals surface area contributed by atoms with E-state index in [1.165, 1.54) is 83.5 Å². The number of unbranched alkanes of at least 4 members (excludes halogenated alkanes) is 24. The Balaban J connectivity index is 2.68. The van der Waals surface area contributed by atoms with E-state index in [1.54, 1.807) is 0 Å². The lowest BCUT2D eigenvalue weighted by atomic mass is 9.98. The average Bonchev–Trinajstić information content (AvgIpc) is 3.54. The molecule has 0 amide bonds. The summed E-state index contributed by atoms with van der Waals surface area (Å²) >= 11 is 0. The largest absolute Gasteiger partial charge is 0.479 e. The number of aliphatic hydroxyl groups is 2. The third kappa shape index (κ3) is 45.8. The van der Waals surface area contributed by atoms with Crippen molar-refractivity contribution in [2.45, 2.75) is 302 Å². The number of carbonyl (C=O) groups excluding carboxylic acids is 3. The van der Waals surface area contributed by atoms with Gasteiger partial charge in [-0.2, -0.15) is 0 Å². The summed E-state index contributed by atoms with van der Waals surface area (Å²) in [4.78, 5) is 51.3. The second kappa shape index (κ2) is 56.1. The van der Waals surface area contributed by atoms with Gasteiger partial charge in [0.2, 0.25) is 0 Å². The van der Waals surface area contributed by atoms with Crippen LogP contribution in [-0.4, -0.2) is 89.2 Å². The molecule has 0 aromatic heterocycles. The summed E-state index contributed by atoms with van der Waals surface area (Å²) in [6, 6.07) is 0. The minimum Gasteiger partial charge on any atom is -0.479 e. The third-order valence-corrected chi connectivity index (χ3v) is 14.1. The number of aliphatic hydroxyl groups excluding tert-OH is 2. The summed E-state index contributed by atoms with van der Waals surface area (Å²) < 4.78 is 28.5. The molecule has 1 aliphatic heterocycles. The summed E-state index contributed by atoms with van der Waals surface area (Å²) in [6.45, 7) is 5.84. The first-order valence-electron chi connectivity index (χ1n) is 32.2. The van der Waals surface area contributed by atoms with Crippen LogP contribution < -0.4 is 0 Å². The number of allylic oxidation sites excluding steroid dienone is 16. The number of hydrogen-bond donors (Lipinski definition) is 3. The van der Waals surface area contributed by atoms with Crippen LogP contribution in [0.2, 0.25) is 0 Å². The van der Waals surface area contributed by atoms with Crippen LogP contribution >= 0.6 is 0 Å².